The van der Waals surface area contributed by atoms with Crippen LogP contribution in [-0.4, -0.2) is 24.6 Å². The number of hydrogen-bond acceptors (Lipinski definition) is 5. The third-order valence-corrected chi connectivity index (χ3v) is 4.37. The highest BCUT2D eigenvalue weighted by Gasteiger charge is 2.26. The molecule has 0 atom stereocenters. The molecule has 6 nitrogen and oxygen atoms in total. The molecule has 0 saturated carbocycles. The smallest absolute Gasteiger partial charge is 0.258 e. The molecule has 3 rings (SSSR count). The molecule has 0 aliphatic rings. The molecule has 0 saturated heterocycles. The molecule has 1 aromatic heterocycles. The zero-order chi connectivity index (χ0) is 20.8. The number of hydrogen-bond donors (Lipinski definition) is 1. The number of rotatable bonds is 6. The first kappa shape index (κ1) is 19.9. The first-order chi connectivity index (χ1) is 14.1. The number of anilines is 1. The number of carbonyl (C=O) groups excluding carboxylic acids is 1. The standard InChI is InChI=1S/C23H21N3O3/c1-4-29-23-18(14-24)21(17-12-8-9-13-19(17)28-3)20(15(2)25-23)22(27)26-16-10-6-5-7-11-16/h5-13H,4H2,1-3H3,(H,26,27). The lowest BCUT2D eigenvalue weighted by atomic mass is 9.93. The van der Waals surface area contributed by atoms with Gasteiger partial charge in [-0.05, 0) is 32.0 Å². The number of benzene rings is 2. The Kier molecular flexibility index (Phi) is 6.10. The Bertz CT molecular complexity index is 1070. The van der Waals surface area contributed by atoms with Crippen LogP contribution in [0.15, 0.2) is 54.6 Å². The molecule has 0 aliphatic heterocycles. The summed E-state index contributed by atoms with van der Waals surface area (Å²) >= 11 is 0. The van der Waals surface area contributed by atoms with E-state index in [0.717, 1.165) is 0 Å². The number of pyridine rings is 1. The van der Waals surface area contributed by atoms with E-state index in [1.165, 1.54) is 0 Å². The van der Waals surface area contributed by atoms with E-state index in [1.807, 2.05) is 43.3 Å². The molecule has 0 unspecified atom stereocenters. The predicted octanol–water partition coefficient (Wildman–Crippen LogP) is 4.59. The minimum absolute atomic E-state index is 0.195. The van der Waals surface area contributed by atoms with E-state index < -0.39 is 0 Å². The van der Waals surface area contributed by atoms with Gasteiger partial charge in [0.2, 0.25) is 5.88 Å². The zero-order valence-corrected chi connectivity index (χ0v) is 16.5. The van der Waals surface area contributed by atoms with E-state index in [2.05, 4.69) is 16.4 Å². The Morgan fingerprint density at radius 1 is 1.14 bits per heavy atom. The Morgan fingerprint density at radius 2 is 1.83 bits per heavy atom. The van der Waals surface area contributed by atoms with Gasteiger partial charge in [-0.25, -0.2) is 4.98 Å². The fourth-order valence-electron chi connectivity index (χ4n) is 3.14. The number of carbonyl (C=O) groups is 1. The molecule has 3 aromatic rings. The molecule has 1 heterocycles. The van der Waals surface area contributed by atoms with Gasteiger partial charge in [-0.1, -0.05) is 36.4 Å². The van der Waals surface area contributed by atoms with Crippen molar-refractivity contribution in [2.75, 3.05) is 19.0 Å². The van der Waals surface area contributed by atoms with Gasteiger partial charge in [0.1, 0.15) is 17.4 Å². The summed E-state index contributed by atoms with van der Waals surface area (Å²) in [6.07, 6.45) is 0. The number of nitrogens with one attached hydrogen (secondary N) is 1. The fraction of sp³-hybridized carbons (Fsp3) is 0.174. The van der Waals surface area contributed by atoms with Crippen LogP contribution in [0.25, 0.3) is 11.1 Å². The third-order valence-electron chi connectivity index (χ3n) is 4.37. The van der Waals surface area contributed by atoms with Crippen LogP contribution in [0.1, 0.15) is 28.5 Å². The summed E-state index contributed by atoms with van der Waals surface area (Å²) < 4.78 is 11.1. The maximum atomic E-state index is 13.2. The molecule has 0 radical (unpaired) electrons. The van der Waals surface area contributed by atoms with Gasteiger partial charge in [-0.2, -0.15) is 5.26 Å². The average Bonchev–Trinajstić information content (AvgIpc) is 2.74. The quantitative estimate of drug-likeness (QED) is 0.669. The van der Waals surface area contributed by atoms with Crippen LogP contribution >= 0.6 is 0 Å². The Morgan fingerprint density at radius 3 is 2.48 bits per heavy atom. The molecule has 0 aliphatic carbocycles. The van der Waals surface area contributed by atoms with Gasteiger partial charge in [-0.3, -0.25) is 4.79 Å². The van der Waals surface area contributed by atoms with E-state index in [-0.39, 0.29) is 17.4 Å². The molecule has 0 bridgehead atoms. The summed E-state index contributed by atoms with van der Waals surface area (Å²) in [5, 5.41) is 12.8. The highest BCUT2D eigenvalue weighted by molar-refractivity contribution is 6.11. The van der Waals surface area contributed by atoms with E-state index in [0.29, 0.717) is 40.4 Å². The van der Waals surface area contributed by atoms with E-state index in [1.54, 1.807) is 32.2 Å². The number of para-hydroxylation sites is 2. The van der Waals surface area contributed by atoms with Crippen molar-refractivity contribution in [3.8, 4) is 28.8 Å². The summed E-state index contributed by atoms with van der Waals surface area (Å²) in [6.45, 7) is 3.89. The summed E-state index contributed by atoms with van der Waals surface area (Å²) in [6, 6.07) is 18.5. The topological polar surface area (TPSA) is 84.2 Å². The maximum Gasteiger partial charge on any atom is 0.258 e. The lowest BCUT2D eigenvalue weighted by Gasteiger charge is -2.18. The SMILES string of the molecule is CCOc1nc(C)c(C(=O)Nc2ccccc2)c(-c2ccccc2OC)c1C#N. The second-order valence-corrected chi connectivity index (χ2v) is 6.19. The molecule has 2 aromatic carbocycles. The van der Waals surface area contributed by atoms with E-state index >= 15 is 0 Å². The lowest BCUT2D eigenvalue weighted by Crippen LogP contribution is -2.17. The van der Waals surface area contributed by atoms with Gasteiger partial charge >= 0.3 is 0 Å². The molecular formula is C23H21N3O3. The Labute approximate surface area is 169 Å². The van der Waals surface area contributed by atoms with Crippen molar-refractivity contribution < 1.29 is 14.3 Å². The molecule has 0 fully saturated rings. The van der Waals surface area contributed by atoms with Crippen LogP contribution in [0.2, 0.25) is 0 Å². The summed E-state index contributed by atoms with van der Waals surface area (Å²) in [5.41, 5.74) is 2.67. The van der Waals surface area contributed by atoms with Crippen LogP contribution < -0.4 is 14.8 Å². The third kappa shape index (κ3) is 4.04. The van der Waals surface area contributed by atoms with Crippen molar-refractivity contribution in [2.45, 2.75) is 13.8 Å². The summed E-state index contributed by atoms with van der Waals surface area (Å²) in [7, 11) is 1.55. The highest BCUT2D eigenvalue weighted by atomic mass is 16.5. The number of nitrogens with zero attached hydrogens (tertiary/aromatic N) is 2. The minimum atomic E-state index is -0.360. The predicted molar refractivity (Wildman–Crippen MR) is 111 cm³/mol. The van der Waals surface area contributed by atoms with Gasteiger partial charge in [0.25, 0.3) is 5.91 Å². The van der Waals surface area contributed by atoms with Crippen molar-refractivity contribution in [2.24, 2.45) is 0 Å². The van der Waals surface area contributed by atoms with Crippen molar-refractivity contribution in [3.05, 3.63) is 71.4 Å². The van der Waals surface area contributed by atoms with Crippen molar-refractivity contribution in [1.29, 1.82) is 5.26 Å². The second-order valence-electron chi connectivity index (χ2n) is 6.19. The zero-order valence-electron chi connectivity index (χ0n) is 16.5. The van der Waals surface area contributed by atoms with Crippen LogP contribution in [0, 0.1) is 18.3 Å². The number of amides is 1. The van der Waals surface area contributed by atoms with Gasteiger partial charge in [0.15, 0.2) is 0 Å². The first-order valence-electron chi connectivity index (χ1n) is 9.18. The Hall–Kier alpha value is -3.85. The number of ether oxygens (including phenoxy) is 2. The molecule has 1 N–H and O–H groups in total. The molecule has 1 amide bonds. The molecule has 146 valence electrons. The normalized spacial score (nSPS) is 10.1. The van der Waals surface area contributed by atoms with Gasteiger partial charge < -0.3 is 14.8 Å². The van der Waals surface area contributed by atoms with Crippen molar-refractivity contribution >= 4 is 11.6 Å². The fourth-order valence-corrected chi connectivity index (χ4v) is 3.14. The second kappa shape index (κ2) is 8.89. The monoisotopic (exact) mass is 387 g/mol. The van der Waals surface area contributed by atoms with Gasteiger partial charge in [0, 0.05) is 16.8 Å². The summed E-state index contributed by atoms with van der Waals surface area (Å²) in [4.78, 5) is 17.6. The summed E-state index contributed by atoms with van der Waals surface area (Å²) in [5.74, 6) is 0.386. The number of methoxy groups -OCH3 is 1. The van der Waals surface area contributed by atoms with Crippen molar-refractivity contribution in [3.63, 3.8) is 0 Å². The van der Waals surface area contributed by atoms with Gasteiger partial charge in [-0.15, -0.1) is 0 Å². The van der Waals surface area contributed by atoms with Crippen molar-refractivity contribution in [1.82, 2.24) is 4.98 Å². The van der Waals surface area contributed by atoms with Crippen LogP contribution in [0.4, 0.5) is 5.69 Å². The minimum Gasteiger partial charge on any atom is -0.496 e. The van der Waals surface area contributed by atoms with E-state index in [9.17, 15) is 10.1 Å². The molecule has 29 heavy (non-hydrogen) atoms. The van der Waals surface area contributed by atoms with Gasteiger partial charge in [0.05, 0.1) is 25.0 Å². The molecule has 0 spiro atoms. The van der Waals surface area contributed by atoms with E-state index in [4.69, 9.17) is 9.47 Å². The van der Waals surface area contributed by atoms with Crippen LogP contribution in [-0.2, 0) is 0 Å². The van der Waals surface area contributed by atoms with Crippen LogP contribution in [0.3, 0.4) is 0 Å². The number of aromatic nitrogens is 1. The first-order valence-corrected chi connectivity index (χ1v) is 9.18. The Balaban J connectivity index is 2.27. The lowest BCUT2D eigenvalue weighted by molar-refractivity contribution is 0.102. The average molecular weight is 387 g/mol. The molecular weight excluding hydrogens is 366 g/mol. The van der Waals surface area contributed by atoms with Crippen LogP contribution in [0.5, 0.6) is 11.6 Å². The maximum absolute atomic E-state index is 13.2. The number of aryl methyl sites for hydroxylation is 1. The largest absolute Gasteiger partial charge is 0.496 e. The molecule has 6 heteroatoms. The number of nitriles is 1. The highest BCUT2D eigenvalue weighted by Crippen LogP contribution is 2.39.